The van der Waals surface area contributed by atoms with E-state index >= 15 is 0 Å². The molecule has 10 heteroatoms. The Hall–Kier alpha value is -1.91. The summed E-state index contributed by atoms with van der Waals surface area (Å²) >= 11 is 1.45. The molecular formula is C18H24N4O4S2. The first-order valence-electron chi connectivity index (χ1n) is 8.98. The van der Waals surface area contributed by atoms with Gasteiger partial charge in [-0.25, -0.2) is 17.7 Å². The second kappa shape index (κ2) is 8.62. The van der Waals surface area contributed by atoms with Crippen LogP contribution in [0.4, 0.5) is 0 Å². The first kappa shape index (κ1) is 20.8. The van der Waals surface area contributed by atoms with Crippen molar-refractivity contribution < 1.29 is 17.7 Å². The maximum absolute atomic E-state index is 13.0. The zero-order valence-corrected chi connectivity index (χ0v) is 17.8. The molecule has 8 nitrogen and oxygen atoms in total. The van der Waals surface area contributed by atoms with Crippen molar-refractivity contribution in [2.45, 2.75) is 36.6 Å². The van der Waals surface area contributed by atoms with E-state index in [4.69, 9.17) is 4.52 Å². The molecule has 0 spiro atoms. The van der Waals surface area contributed by atoms with Crippen molar-refractivity contribution in [1.82, 2.24) is 19.3 Å². The largest absolute Gasteiger partial charge is 0.361 e. The highest BCUT2D eigenvalue weighted by Crippen LogP contribution is 2.26. The van der Waals surface area contributed by atoms with E-state index in [1.54, 1.807) is 30.3 Å². The molecule has 0 unspecified atom stereocenters. The quantitative estimate of drug-likeness (QED) is 0.656. The van der Waals surface area contributed by atoms with Crippen LogP contribution in [0, 0.1) is 6.92 Å². The third-order valence-electron chi connectivity index (χ3n) is 4.82. The zero-order valence-electron chi connectivity index (χ0n) is 16.2. The van der Waals surface area contributed by atoms with Gasteiger partial charge in [-0.2, -0.15) is 0 Å². The molecule has 152 valence electrons. The predicted molar refractivity (Wildman–Crippen MR) is 107 cm³/mol. The van der Waals surface area contributed by atoms with E-state index in [0.29, 0.717) is 42.3 Å². The van der Waals surface area contributed by atoms with Gasteiger partial charge in [-0.15, -0.1) is 0 Å². The van der Waals surface area contributed by atoms with E-state index in [1.807, 2.05) is 13.0 Å². The van der Waals surface area contributed by atoms with Gasteiger partial charge >= 0.3 is 0 Å². The molecule has 1 aliphatic heterocycles. The minimum absolute atomic E-state index is 0.0720. The highest BCUT2D eigenvalue weighted by molar-refractivity contribution is 7.98. The molecule has 0 saturated carbocycles. The Labute approximate surface area is 169 Å². The van der Waals surface area contributed by atoms with E-state index in [2.05, 4.69) is 10.1 Å². The molecule has 1 saturated heterocycles. The molecule has 0 atom stereocenters. The molecule has 28 heavy (non-hydrogen) atoms. The number of thioether (sulfide) groups is 1. The Bertz CT molecular complexity index is 937. The maximum Gasteiger partial charge on any atom is 0.256 e. The number of piperidine rings is 1. The summed E-state index contributed by atoms with van der Waals surface area (Å²) in [6.07, 6.45) is 4.12. The van der Waals surface area contributed by atoms with E-state index in [0.717, 1.165) is 11.5 Å². The molecule has 0 N–H and O–H groups in total. The maximum atomic E-state index is 13.0. The van der Waals surface area contributed by atoms with Crippen molar-refractivity contribution >= 4 is 27.7 Å². The zero-order chi connectivity index (χ0) is 20.3. The Morgan fingerprint density at radius 1 is 1.39 bits per heavy atom. The first-order valence-corrected chi connectivity index (χ1v) is 11.8. The number of rotatable bonds is 6. The van der Waals surface area contributed by atoms with Gasteiger partial charge in [-0.1, -0.05) is 16.9 Å². The summed E-state index contributed by atoms with van der Waals surface area (Å²) in [6, 6.07) is 5.32. The van der Waals surface area contributed by atoms with Crippen LogP contribution in [0.3, 0.4) is 0 Å². The van der Waals surface area contributed by atoms with Crippen LogP contribution in [0.15, 0.2) is 33.9 Å². The molecule has 1 amide bonds. The molecule has 0 aliphatic carbocycles. The Kier molecular flexibility index (Phi) is 6.41. The van der Waals surface area contributed by atoms with Crippen LogP contribution in [-0.4, -0.2) is 66.1 Å². The van der Waals surface area contributed by atoms with Gasteiger partial charge in [0, 0.05) is 44.2 Å². The molecule has 2 aromatic rings. The number of nitrogens with zero attached hydrogens (tertiary/aromatic N) is 4. The van der Waals surface area contributed by atoms with Gasteiger partial charge in [0.15, 0.2) is 0 Å². The Morgan fingerprint density at radius 3 is 2.71 bits per heavy atom. The van der Waals surface area contributed by atoms with E-state index < -0.39 is 10.0 Å². The van der Waals surface area contributed by atoms with Crippen molar-refractivity contribution in [3.05, 3.63) is 41.4 Å². The molecule has 3 heterocycles. The average molecular weight is 425 g/mol. The van der Waals surface area contributed by atoms with Crippen LogP contribution in [0.25, 0.3) is 0 Å². The van der Waals surface area contributed by atoms with Crippen LogP contribution in [0.2, 0.25) is 0 Å². The summed E-state index contributed by atoms with van der Waals surface area (Å²) in [5.74, 6) is 1.23. The SMILES string of the molecule is Cc1cc(CSc2ncccc2C(=O)N2CCC(N(C)S(C)(=O)=O)CC2)no1. The molecule has 0 radical (unpaired) electrons. The van der Waals surface area contributed by atoms with Gasteiger partial charge < -0.3 is 9.42 Å². The summed E-state index contributed by atoms with van der Waals surface area (Å²) in [4.78, 5) is 19.1. The molecular weight excluding hydrogens is 400 g/mol. The number of carbonyl (C=O) groups excluding carboxylic acids is 1. The third-order valence-corrected chi connectivity index (χ3v) is 7.21. The van der Waals surface area contributed by atoms with Crippen molar-refractivity contribution in [3.63, 3.8) is 0 Å². The second-order valence-electron chi connectivity index (χ2n) is 6.88. The first-order chi connectivity index (χ1) is 13.3. The minimum Gasteiger partial charge on any atom is -0.361 e. The van der Waals surface area contributed by atoms with Crippen LogP contribution in [0.1, 0.15) is 34.7 Å². The molecule has 0 aromatic carbocycles. The van der Waals surface area contributed by atoms with Gasteiger partial charge in [0.25, 0.3) is 5.91 Å². The highest BCUT2D eigenvalue weighted by atomic mass is 32.2. The topological polar surface area (TPSA) is 96.6 Å². The van der Waals surface area contributed by atoms with Crippen LogP contribution in [0.5, 0.6) is 0 Å². The monoisotopic (exact) mass is 424 g/mol. The molecule has 1 aliphatic rings. The smallest absolute Gasteiger partial charge is 0.256 e. The molecule has 3 rings (SSSR count). The summed E-state index contributed by atoms with van der Waals surface area (Å²) in [5.41, 5.74) is 1.36. The van der Waals surface area contributed by atoms with Crippen molar-refractivity contribution in [2.75, 3.05) is 26.4 Å². The van der Waals surface area contributed by atoms with E-state index in [1.165, 1.54) is 22.3 Å². The predicted octanol–water partition coefficient (Wildman–Crippen LogP) is 2.17. The van der Waals surface area contributed by atoms with E-state index in [9.17, 15) is 13.2 Å². The standard InChI is InChI=1S/C18H24N4O4S2/c1-13-11-14(20-26-13)12-27-17-16(5-4-8-19-17)18(23)22-9-6-15(7-10-22)21(2)28(3,24)25/h4-5,8,11,15H,6-7,9-10,12H2,1-3H3. The van der Waals surface area contributed by atoms with Crippen LogP contribution >= 0.6 is 11.8 Å². The van der Waals surface area contributed by atoms with Crippen molar-refractivity contribution in [2.24, 2.45) is 0 Å². The summed E-state index contributed by atoms with van der Waals surface area (Å²) in [5, 5.41) is 4.62. The number of sulfonamides is 1. The Balaban J connectivity index is 1.65. The molecule has 2 aromatic heterocycles. The highest BCUT2D eigenvalue weighted by Gasteiger charge is 2.30. The van der Waals surface area contributed by atoms with Gasteiger partial charge in [0.05, 0.1) is 17.5 Å². The number of hydrogen-bond acceptors (Lipinski definition) is 7. The van der Waals surface area contributed by atoms with Gasteiger partial charge in [0.1, 0.15) is 10.8 Å². The van der Waals surface area contributed by atoms with Gasteiger partial charge in [0.2, 0.25) is 10.0 Å². The van der Waals surface area contributed by atoms with Gasteiger partial charge in [-0.05, 0) is 31.9 Å². The van der Waals surface area contributed by atoms with Crippen molar-refractivity contribution in [3.8, 4) is 0 Å². The Morgan fingerprint density at radius 2 is 2.11 bits per heavy atom. The number of amides is 1. The normalized spacial score (nSPS) is 15.9. The second-order valence-corrected chi connectivity index (χ2v) is 9.88. The fourth-order valence-electron chi connectivity index (χ4n) is 3.17. The fraction of sp³-hybridized carbons (Fsp3) is 0.500. The number of hydrogen-bond donors (Lipinski definition) is 0. The van der Waals surface area contributed by atoms with Crippen molar-refractivity contribution in [1.29, 1.82) is 0 Å². The average Bonchev–Trinajstić information content (AvgIpc) is 3.10. The summed E-state index contributed by atoms with van der Waals surface area (Å²) < 4.78 is 29.9. The number of aryl methyl sites for hydroxylation is 1. The van der Waals surface area contributed by atoms with Crippen LogP contribution in [-0.2, 0) is 15.8 Å². The number of likely N-dealkylation sites (tertiary alicyclic amines) is 1. The lowest BCUT2D eigenvalue weighted by Crippen LogP contribution is -2.47. The lowest BCUT2D eigenvalue weighted by molar-refractivity contribution is 0.0682. The number of pyridine rings is 1. The molecule has 0 bridgehead atoms. The molecule has 1 fully saturated rings. The minimum atomic E-state index is -3.23. The van der Waals surface area contributed by atoms with Crippen LogP contribution < -0.4 is 0 Å². The third kappa shape index (κ3) is 4.92. The van der Waals surface area contributed by atoms with E-state index in [-0.39, 0.29) is 11.9 Å². The summed E-state index contributed by atoms with van der Waals surface area (Å²) in [7, 11) is -1.63. The fourth-order valence-corrected chi connectivity index (χ4v) is 4.79. The number of aromatic nitrogens is 2. The summed E-state index contributed by atoms with van der Waals surface area (Å²) in [6.45, 7) is 2.87. The van der Waals surface area contributed by atoms with Gasteiger partial charge in [-0.3, -0.25) is 4.79 Å². The lowest BCUT2D eigenvalue weighted by Gasteiger charge is -2.35. The lowest BCUT2D eigenvalue weighted by atomic mass is 10.0. The number of carbonyl (C=O) groups is 1.